The molecule has 1 unspecified atom stereocenters. The maximum absolute atomic E-state index is 10.5. The molecule has 23 heavy (non-hydrogen) atoms. The molecule has 0 rings (SSSR count). The smallest absolute Gasteiger partial charge is 0.303 e. The number of hydrogen-bond donors (Lipinski definition) is 1. The summed E-state index contributed by atoms with van der Waals surface area (Å²) in [5, 5.41) is 8.69. The lowest BCUT2D eigenvalue weighted by Gasteiger charge is -2.20. The zero-order chi connectivity index (χ0) is 17.5. The first-order chi connectivity index (χ1) is 10.9. The van der Waals surface area contributed by atoms with Crippen molar-refractivity contribution >= 4 is 5.97 Å². The van der Waals surface area contributed by atoms with Crippen molar-refractivity contribution in [2.24, 2.45) is 17.8 Å². The molecule has 0 aromatic heterocycles. The summed E-state index contributed by atoms with van der Waals surface area (Å²) in [6.07, 6.45) is 15.9. The van der Waals surface area contributed by atoms with Crippen LogP contribution in [0.3, 0.4) is 0 Å². The Hall–Kier alpha value is -0.530. The van der Waals surface area contributed by atoms with E-state index in [0.717, 1.165) is 30.6 Å². The van der Waals surface area contributed by atoms with E-state index in [1.165, 1.54) is 64.2 Å². The highest BCUT2D eigenvalue weighted by Crippen LogP contribution is 2.25. The Morgan fingerprint density at radius 3 is 1.57 bits per heavy atom. The predicted octanol–water partition coefficient (Wildman–Crippen LogP) is 7.07. The molecule has 0 aromatic carbocycles. The molecule has 0 radical (unpaired) electrons. The third-order valence-electron chi connectivity index (χ3n) is 5.01. The molecule has 0 spiro atoms. The fourth-order valence-electron chi connectivity index (χ4n) is 3.34. The van der Waals surface area contributed by atoms with E-state index >= 15 is 0 Å². The Morgan fingerprint density at radius 2 is 1.13 bits per heavy atom. The fraction of sp³-hybridized carbons (Fsp3) is 0.952. The van der Waals surface area contributed by atoms with Gasteiger partial charge in [0.25, 0.3) is 0 Å². The van der Waals surface area contributed by atoms with Crippen LogP contribution in [0.1, 0.15) is 111 Å². The van der Waals surface area contributed by atoms with Crippen LogP contribution in [0.2, 0.25) is 0 Å². The summed E-state index contributed by atoms with van der Waals surface area (Å²) in [7, 11) is 0. The highest BCUT2D eigenvalue weighted by molar-refractivity contribution is 5.66. The first-order valence-corrected chi connectivity index (χ1v) is 10.1. The minimum absolute atomic E-state index is 0.335. The Labute approximate surface area is 145 Å². The van der Waals surface area contributed by atoms with Crippen LogP contribution in [0.4, 0.5) is 0 Å². The first kappa shape index (κ1) is 22.5. The van der Waals surface area contributed by atoms with Gasteiger partial charge in [0.05, 0.1) is 0 Å². The molecule has 138 valence electrons. The summed E-state index contributed by atoms with van der Waals surface area (Å²) in [5.41, 5.74) is 0. The minimum atomic E-state index is -0.653. The number of rotatable bonds is 16. The normalized spacial score (nSPS) is 13.0. The zero-order valence-electron chi connectivity index (χ0n) is 16.3. The fourth-order valence-corrected chi connectivity index (χ4v) is 3.34. The first-order valence-electron chi connectivity index (χ1n) is 10.1. The molecule has 0 fully saturated rings. The van der Waals surface area contributed by atoms with Crippen molar-refractivity contribution in [3.8, 4) is 0 Å². The van der Waals surface area contributed by atoms with Crippen LogP contribution in [0.25, 0.3) is 0 Å². The Balaban J connectivity index is 3.51. The number of aliphatic carboxylic acids is 1. The second-order valence-corrected chi connectivity index (χ2v) is 8.09. The molecule has 0 saturated heterocycles. The quantitative estimate of drug-likeness (QED) is 0.308. The molecule has 0 aliphatic rings. The van der Waals surface area contributed by atoms with Gasteiger partial charge in [-0.15, -0.1) is 0 Å². The van der Waals surface area contributed by atoms with Gasteiger partial charge in [0.15, 0.2) is 0 Å². The predicted molar refractivity (Wildman–Crippen MR) is 101 cm³/mol. The minimum Gasteiger partial charge on any atom is -0.481 e. The Bertz CT molecular complexity index is 271. The third kappa shape index (κ3) is 16.1. The molecule has 2 heteroatoms. The van der Waals surface area contributed by atoms with E-state index in [9.17, 15) is 4.79 Å². The van der Waals surface area contributed by atoms with Crippen LogP contribution in [-0.2, 0) is 4.79 Å². The largest absolute Gasteiger partial charge is 0.481 e. The van der Waals surface area contributed by atoms with Gasteiger partial charge in [-0.05, 0) is 24.2 Å². The van der Waals surface area contributed by atoms with E-state index in [4.69, 9.17) is 5.11 Å². The van der Waals surface area contributed by atoms with E-state index in [2.05, 4.69) is 27.7 Å². The lowest BCUT2D eigenvalue weighted by atomic mass is 9.86. The van der Waals surface area contributed by atoms with Crippen molar-refractivity contribution in [1.82, 2.24) is 0 Å². The molecule has 0 aromatic rings. The van der Waals surface area contributed by atoms with Crippen molar-refractivity contribution < 1.29 is 9.90 Å². The third-order valence-corrected chi connectivity index (χ3v) is 5.01. The zero-order valence-corrected chi connectivity index (χ0v) is 16.3. The van der Waals surface area contributed by atoms with Gasteiger partial charge in [0.1, 0.15) is 0 Å². The highest BCUT2D eigenvalue weighted by atomic mass is 16.4. The van der Waals surface area contributed by atoms with E-state index in [1.807, 2.05) is 0 Å². The second-order valence-electron chi connectivity index (χ2n) is 8.09. The molecule has 1 atom stereocenters. The maximum atomic E-state index is 10.5. The van der Waals surface area contributed by atoms with Crippen molar-refractivity contribution in [2.75, 3.05) is 0 Å². The SMILES string of the molecule is CC(C)CCCCCCCCCC(CCCCC(=O)O)C(C)C. The number of carbonyl (C=O) groups is 1. The Morgan fingerprint density at radius 1 is 0.696 bits per heavy atom. The molecule has 0 aliphatic carbocycles. The Kier molecular flexibility index (Phi) is 14.7. The molecule has 0 heterocycles. The summed E-state index contributed by atoms with van der Waals surface area (Å²) in [6.45, 7) is 9.26. The van der Waals surface area contributed by atoms with Gasteiger partial charge < -0.3 is 5.11 Å². The molecular formula is C21H42O2. The summed E-state index contributed by atoms with van der Waals surface area (Å²) in [5.74, 6) is 1.73. The van der Waals surface area contributed by atoms with Crippen molar-refractivity contribution in [1.29, 1.82) is 0 Å². The van der Waals surface area contributed by atoms with Crippen molar-refractivity contribution in [3.63, 3.8) is 0 Å². The topological polar surface area (TPSA) is 37.3 Å². The number of unbranched alkanes of at least 4 members (excludes halogenated alkanes) is 7. The number of hydrogen-bond acceptors (Lipinski definition) is 1. The molecule has 0 amide bonds. The summed E-state index contributed by atoms with van der Waals surface area (Å²) < 4.78 is 0. The molecular weight excluding hydrogens is 284 g/mol. The lowest BCUT2D eigenvalue weighted by Crippen LogP contribution is -2.09. The van der Waals surface area contributed by atoms with E-state index in [0.29, 0.717) is 6.42 Å². The monoisotopic (exact) mass is 326 g/mol. The highest BCUT2D eigenvalue weighted by Gasteiger charge is 2.12. The average Bonchev–Trinajstić information content (AvgIpc) is 2.46. The summed E-state index contributed by atoms with van der Waals surface area (Å²) in [4.78, 5) is 10.5. The standard InChI is InChI=1S/C21H42O2/c1-18(2)14-10-8-6-5-7-9-11-15-20(19(3)4)16-12-13-17-21(22)23/h18-20H,5-17H2,1-4H3,(H,22,23). The van der Waals surface area contributed by atoms with Crippen LogP contribution in [0, 0.1) is 17.8 Å². The van der Waals surface area contributed by atoms with E-state index < -0.39 is 5.97 Å². The van der Waals surface area contributed by atoms with Gasteiger partial charge in [-0.3, -0.25) is 4.79 Å². The van der Waals surface area contributed by atoms with Gasteiger partial charge >= 0.3 is 5.97 Å². The van der Waals surface area contributed by atoms with Gasteiger partial charge in [0, 0.05) is 6.42 Å². The van der Waals surface area contributed by atoms with Gasteiger partial charge in [-0.25, -0.2) is 0 Å². The second kappa shape index (κ2) is 15.0. The van der Waals surface area contributed by atoms with Crippen LogP contribution in [-0.4, -0.2) is 11.1 Å². The maximum Gasteiger partial charge on any atom is 0.303 e. The molecule has 1 N–H and O–H groups in total. The van der Waals surface area contributed by atoms with Crippen LogP contribution < -0.4 is 0 Å². The van der Waals surface area contributed by atoms with Gasteiger partial charge in [0.2, 0.25) is 0 Å². The number of carboxylic acid groups (broad SMARTS) is 1. The van der Waals surface area contributed by atoms with Gasteiger partial charge in [-0.1, -0.05) is 98.3 Å². The summed E-state index contributed by atoms with van der Waals surface area (Å²) in [6, 6.07) is 0. The van der Waals surface area contributed by atoms with Crippen LogP contribution >= 0.6 is 0 Å². The van der Waals surface area contributed by atoms with Crippen molar-refractivity contribution in [2.45, 2.75) is 111 Å². The van der Waals surface area contributed by atoms with Crippen LogP contribution in [0.5, 0.6) is 0 Å². The van der Waals surface area contributed by atoms with Crippen LogP contribution in [0.15, 0.2) is 0 Å². The average molecular weight is 327 g/mol. The molecule has 0 saturated carbocycles. The van der Waals surface area contributed by atoms with Gasteiger partial charge in [-0.2, -0.15) is 0 Å². The lowest BCUT2D eigenvalue weighted by molar-refractivity contribution is -0.137. The number of carboxylic acids is 1. The van der Waals surface area contributed by atoms with E-state index in [1.54, 1.807) is 0 Å². The molecule has 0 aliphatic heterocycles. The summed E-state index contributed by atoms with van der Waals surface area (Å²) >= 11 is 0. The van der Waals surface area contributed by atoms with Crippen molar-refractivity contribution in [3.05, 3.63) is 0 Å². The molecule has 2 nitrogen and oxygen atoms in total. The van der Waals surface area contributed by atoms with E-state index in [-0.39, 0.29) is 0 Å². The molecule has 0 bridgehead atoms.